The summed E-state index contributed by atoms with van der Waals surface area (Å²) in [5.41, 5.74) is 0. The maximum absolute atomic E-state index is 10.9. The Kier molecular flexibility index (Phi) is 3.59. The average molecular weight is 187 g/mol. The molecular formula is C6H9N3O2S. The van der Waals surface area contributed by atoms with Gasteiger partial charge in [0.05, 0.1) is 6.54 Å². The molecule has 1 aromatic rings. The Balaban J connectivity index is 2.22. The fraction of sp³-hybridized carbons (Fsp3) is 0.500. The van der Waals surface area contributed by atoms with Gasteiger partial charge in [-0.15, -0.1) is 0 Å². The number of carbonyl (C=O) groups is 1. The molecule has 0 aliphatic carbocycles. The molecule has 0 aromatic carbocycles. The molecule has 66 valence electrons. The molecule has 1 aromatic heterocycles. The number of nitrogens with zero attached hydrogens (tertiary/aromatic N) is 2. The highest BCUT2D eigenvalue weighted by Gasteiger charge is 2.01. The van der Waals surface area contributed by atoms with E-state index in [1.807, 2.05) is 0 Å². The van der Waals surface area contributed by atoms with E-state index in [2.05, 4.69) is 32.6 Å². The maximum atomic E-state index is 10.9. The Bertz CT molecular complexity index is 237. The summed E-state index contributed by atoms with van der Waals surface area (Å²) >= 11 is 3.92. The van der Waals surface area contributed by atoms with Crippen molar-refractivity contribution in [2.45, 2.75) is 13.0 Å². The normalized spacial score (nSPS) is 9.75. The van der Waals surface area contributed by atoms with Gasteiger partial charge in [0.25, 0.3) is 0 Å². The summed E-state index contributed by atoms with van der Waals surface area (Å²) < 4.78 is 4.48. The lowest BCUT2D eigenvalue weighted by Crippen LogP contribution is -2.23. The molecule has 0 unspecified atom stereocenters. The molecular weight excluding hydrogens is 178 g/mol. The minimum Gasteiger partial charge on any atom is -0.349 e. The third-order valence-electron chi connectivity index (χ3n) is 1.19. The maximum Gasteiger partial charge on any atom is 0.221 e. The van der Waals surface area contributed by atoms with Crippen molar-refractivity contribution in [3.05, 3.63) is 12.2 Å². The van der Waals surface area contributed by atoms with Gasteiger partial charge in [-0.25, -0.2) is 0 Å². The summed E-state index contributed by atoms with van der Waals surface area (Å²) in [6, 6.07) is 0. The minimum atomic E-state index is -0.0604. The van der Waals surface area contributed by atoms with E-state index in [0.29, 0.717) is 24.5 Å². The summed E-state index contributed by atoms with van der Waals surface area (Å²) in [4.78, 5) is 14.6. The van der Waals surface area contributed by atoms with Gasteiger partial charge in [0.2, 0.25) is 12.3 Å². The highest BCUT2D eigenvalue weighted by Crippen LogP contribution is 1.88. The molecule has 0 bridgehead atoms. The van der Waals surface area contributed by atoms with Crippen LogP contribution in [0.2, 0.25) is 0 Å². The number of amides is 1. The van der Waals surface area contributed by atoms with E-state index in [9.17, 15) is 4.79 Å². The third kappa shape index (κ3) is 2.91. The first kappa shape index (κ1) is 9.05. The van der Waals surface area contributed by atoms with Gasteiger partial charge in [-0.05, 0) is 5.75 Å². The fourth-order valence-corrected chi connectivity index (χ4v) is 0.841. The van der Waals surface area contributed by atoms with Crippen molar-refractivity contribution in [3.63, 3.8) is 0 Å². The summed E-state index contributed by atoms with van der Waals surface area (Å²) in [7, 11) is 0. The quantitative estimate of drug-likeness (QED) is 0.651. The largest absolute Gasteiger partial charge is 0.349 e. The first-order chi connectivity index (χ1) is 5.83. The van der Waals surface area contributed by atoms with Crippen LogP contribution >= 0.6 is 12.6 Å². The topological polar surface area (TPSA) is 68.0 Å². The van der Waals surface area contributed by atoms with Crippen LogP contribution in [0.3, 0.4) is 0 Å². The molecule has 1 amide bonds. The number of carbonyl (C=O) groups excluding carboxylic acids is 1. The number of nitrogens with one attached hydrogen (secondary N) is 1. The number of rotatable bonds is 4. The molecule has 0 spiro atoms. The second-order valence-corrected chi connectivity index (χ2v) is 2.54. The molecule has 1 N–H and O–H groups in total. The van der Waals surface area contributed by atoms with Crippen molar-refractivity contribution in [1.82, 2.24) is 15.5 Å². The molecule has 0 aliphatic rings. The second kappa shape index (κ2) is 4.76. The van der Waals surface area contributed by atoms with E-state index in [4.69, 9.17) is 0 Å². The van der Waals surface area contributed by atoms with E-state index in [-0.39, 0.29) is 5.91 Å². The Morgan fingerprint density at radius 2 is 2.58 bits per heavy atom. The van der Waals surface area contributed by atoms with Crippen molar-refractivity contribution in [2.75, 3.05) is 5.75 Å². The van der Waals surface area contributed by atoms with Gasteiger partial charge in [-0.3, -0.25) is 4.79 Å². The van der Waals surface area contributed by atoms with Gasteiger partial charge in [-0.2, -0.15) is 17.6 Å². The second-order valence-electron chi connectivity index (χ2n) is 2.10. The molecule has 0 radical (unpaired) electrons. The molecule has 0 saturated heterocycles. The van der Waals surface area contributed by atoms with Crippen LogP contribution in [-0.2, 0) is 11.3 Å². The molecule has 0 atom stereocenters. The molecule has 12 heavy (non-hydrogen) atoms. The molecule has 5 nitrogen and oxygen atoms in total. The Labute approximate surface area is 74.9 Å². The highest BCUT2D eigenvalue weighted by molar-refractivity contribution is 7.80. The van der Waals surface area contributed by atoms with E-state index >= 15 is 0 Å². The predicted octanol–water partition coefficient (Wildman–Crippen LogP) is 0.00570. The zero-order chi connectivity index (χ0) is 8.81. The lowest BCUT2D eigenvalue weighted by Gasteiger charge is -1.98. The summed E-state index contributed by atoms with van der Waals surface area (Å²) in [6.45, 7) is 0.309. The molecule has 1 rings (SSSR count). The molecule has 6 heteroatoms. The lowest BCUT2D eigenvalue weighted by atomic mass is 10.4. The van der Waals surface area contributed by atoms with Crippen LogP contribution in [0.1, 0.15) is 12.2 Å². The number of thiol groups is 1. The number of aromatic nitrogens is 2. The molecule has 0 fully saturated rings. The monoisotopic (exact) mass is 187 g/mol. The van der Waals surface area contributed by atoms with Crippen LogP contribution in [0.15, 0.2) is 10.9 Å². The number of hydrogen-bond donors (Lipinski definition) is 2. The van der Waals surface area contributed by atoms with Crippen LogP contribution in [0, 0.1) is 0 Å². The van der Waals surface area contributed by atoms with Gasteiger partial charge in [-0.1, -0.05) is 5.16 Å². The summed E-state index contributed by atoms with van der Waals surface area (Å²) in [5.74, 6) is 0.954. The smallest absolute Gasteiger partial charge is 0.221 e. The zero-order valence-electron chi connectivity index (χ0n) is 6.36. The van der Waals surface area contributed by atoms with Crippen LogP contribution in [0.25, 0.3) is 0 Å². The van der Waals surface area contributed by atoms with Crippen LogP contribution in [0.5, 0.6) is 0 Å². The Morgan fingerprint density at radius 1 is 1.75 bits per heavy atom. The SMILES string of the molecule is O=C(CCS)NCc1ncon1. The van der Waals surface area contributed by atoms with Gasteiger partial charge in [0.1, 0.15) is 0 Å². The van der Waals surface area contributed by atoms with Crippen molar-refractivity contribution in [3.8, 4) is 0 Å². The van der Waals surface area contributed by atoms with Gasteiger partial charge >= 0.3 is 0 Å². The van der Waals surface area contributed by atoms with Crippen molar-refractivity contribution in [1.29, 1.82) is 0 Å². The molecule has 0 aliphatic heterocycles. The predicted molar refractivity (Wildman–Crippen MR) is 44.6 cm³/mol. The average Bonchev–Trinajstić information content (AvgIpc) is 2.53. The molecule has 1 heterocycles. The molecule has 0 saturated carbocycles. The van der Waals surface area contributed by atoms with Gasteiger partial charge < -0.3 is 9.84 Å². The fourth-order valence-electron chi connectivity index (χ4n) is 0.638. The van der Waals surface area contributed by atoms with Crippen LogP contribution < -0.4 is 5.32 Å². The standard InChI is InChI=1S/C6H9N3O2S/c10-6(1-2-12)7-3-5-8-4-11-9-5/h4,12H,1-3H2,(H,7,10). The number of hydrogen-bond acceptors (Lipinski definition) is 5. The van der Waals surface area contributed by atoms with E-state index < -0.39 is 0 Å². The third-order valence-corrected chi connectivity index (χ3v) is 1.41. The van der Waals surface area contributed by atoms with E-state index in [0.717, 1.165) is 0 Å². The Hall–Kier alpha value is -1.04. The van der Waals surface area contributed by atoms with Crippen LogP contribution in [0.4, 0.5) is 0 Å². The van der Waals surface area contributed by atoms with Crippen molar-refractivity contribution >= 4 is 18.5 Å². The summed E-state index contributed by atoms with van der Waals surface area (Å²) in [5, 5.41) is 6.14. The Morgan fingerprint density at radius 3 is 3.17 bits per heavy atom. The van der Waals surface area contributed by atoms with E-state index in [1.165, 1.54) is 6.39 Å². The van der Waals surface area contributed by atoms with Crippen molar-refractivity contribution in [2.24, 2.45) is 0 Å². The zero-order valence-corrected chi connectivity index (χ0v) is 7.25. The van der Waals surface area contributed by atoms with E-state index in [1.54, 1.807) is 0 Å². The first-order valence-corrected chi connectivity index (χ1v) is 4.09. The lowest BCUT2D eigenvalue weighted by molar-refractivity contribution is -0.120. The highest BCUT2D eigenvalue weighted by atomic mass is 32.1. The van der Waals surface area contributed by atoms with Gasteiger partial charge in [0.15, 0.2) is 5.82 Å². The van der Waals surface area contributed by atoms with Gasteiger partial charge in [0, 0.05) is 6.42 Å². The van der Waals surface area contributed by atoms with Crippen molar-refractivity contribution < 1.29 is 9.32 Å². The minimum absolute atomic E-state index is 0.0604. The summed E-state index contributed by atoms with van der Waals surface area (Å²) in [6.07, 6.45) is 1.63. The first-order valence-electron chi connectivity index (χ1n) is 3.45. The van der Waals surface area contributed by atoms with Crippen LogP contribution in [-0.4, -0.2) is 21.8 Å².